The van der Waals surface area contributed by atoms with E-state index in [0.717, 1.165) is 33.8 Å². The van der Waals surface area contributed by atoms with Gasteiger partial charge < -0.3 is 4.57 Å². The average molecular weight is 321 g/mol. The van der Waals surface area contributed by atoms with Gasteiger partial charge >= 0.3 is 0 Å². The van der Waals surface area contributed by atoms with Crippen LogP contribution in [0.1, 0.15) is 36.1 Å². The topological polar surface area (TPSA) is 47.8 Å². The molecule has 1 aromatic carbocycles. The lowest BCUT2D eigenvalue weighted by Gasteiger charge is -1.98. The lowest BCUT2D eigenvalue weighted by molar-refractivity contribution is 0.101. The number of para-hydroxylation sites is 1. The maximum atomic E-state index is 11.2. The molecule has 4 nitrogen and oxygen atoms in total. The first-order valence-electron chi connectivity index (χ1n) is 7.72. The maximum absolute atomic E-state index is 11.2. The molecule has 0 spiro atoms. The Hall–Kier alpha value is -2.93. The van der Waals surface area contributed by atoms with Gasteiger partial charge in [0, 0.05) is 32.0 Å². The Kier molecular flexibility index (Phi) is 5.49. The van der Waals surface area contributed by atoms with Crippen molar-refractivity contribution in [3.05, 3.63) is 59.3 Å². The summed E-state index contributed by atoms with van der Waals surface area (Å²) in [5, 5.41) is 1.12. The first kappa shape index (κ1) is 17.4. The molecule has 4 heteroatoms. The van der Waals surface area contributed by atoms with Crippen molar-refractivity contribution in [2.45, 2.75) is 27.2 Å². The molecular weight excluding hydrogens is 298 g/mol. The van der Waals surface area contributed by atoms with Gasteiger partial charge in [-0.25, -0.2) is 9.97 Å². The van der Waals surface area contributed by atoms with Crippen molar-refractivity contribution in [2.75, 3.05) is 0 Å². The van der Waals surface area contributed by atoms with E-state index in [1.807, 2.05) is 61.9 Å². The van der Waals surface area contributed by atoms with Crippen LogP contribution >= 0.6 is 0 Å². The minimum absolute atomic E-state index is 0. The molecule has 0 aliphatic rings. The Morgan fingerprint density at radius 3 is 2.54 bits per heavy atom. The second kappa shape index (κ2) is 7.56. The molecule has 0 N–H and O–H groups in total. The van der Waals surface area contributed by atoms with Gasteiger partial charge in [0.25, 0.3) is 0 Å². The molecule has 0 radical (unpaired) electrons. The van der Waals surface area contributed by atoms with Crippen LogP contribution in [-0.2, 0) is 13.5 Å². The smallest absolute Gasteiger partial charge is 0.176 e. The molecular formula is C20H23N3O. The molecule has 3 aromatic rings. The molecule has 0 amide bonds. The summed E-state index contributed by atoms with van der Waals surface area (Å²) in [6.45, 7) is 5.40. The highest BCUT2D eigenvalue weighted by Crippen LogP contribution is 2.18. The van der Waals surface area contributed by atoms with Gasteiger partial charge in [-0.05, 0) is 32.0 Å². The number of aromatic nitrogens is 3. The summed E-state index contributed by atoms with van der Waals surface area (Å²) in [4.78, 5) is 19.5. The van der Waals surface area contributed by atoms with Gasteiger partial charge in [-0.15, -0.1) is 12.3 Å². The predicted octanol–water partition coefficient (Wildman–Crippen LogP) is 3.90. The molecule has 24 heavy (non-hydrogen) atoms. The lowest BCUT2D eigenvalue weighted by atomic mass is 10.2. The minimum atomic E-state index is 0. The van der Waals surface area contributed by atoms with Gasteiger partial charge in [0.15, 0.2) is 5.78 Å². The number of carbonyl (C=O) groups excluding carboxylic acids is 1. The van der Waals surface area contributed by atoms with Crippen molar-refractivity contribution >= 4 is 16.7 Å². The summed E-state index contributed by atoms with van der Waals surface area (Å²) in [6, 6.07) is 11.8. The highest BCUT2D eigenvalue weighted by molar-refractivity contribution is 5.98. The van der Waals surface area contributed by atoms with Crippen LogP contribution < -0.4 is 0 Å². The van der Waals surface area contributed by atoms with Crippen molar-refractivity contribution in [1.29, 1.82) is 0 Å². The monoisotopic (exact) mass is 321 g/mol. The zero-order valence-electron chi connectivity index (χ0n) is 14.5. The number of Topliss-reactive ketones (excluding diaryl/α,β-unsaturated/α-hetero) is 1. The first-order chi connectivity index (χ1) is 11.4. The van der Waals surface area contributed by atoms with E-state index in [0.29, 0.717) is 6.42 Å². The number of terminal acetylenes is 1. The van der Waals surface area contributed by atoms with E-state index in [4.69, 9.17) is 6.42 Å². The summed E-state index contributed by atoms with van der Waals surface area (Å²) >= 11 is 0. The van der Waals surface area contributed by atoms with Crippen molar-refractivity contribution in [3.8, 4) is 12.3 Å². The largest absolute Gasteiger partial charge is 0.341 e. The number of hydrogen-bond donors (Lipinski definition) is 0. The normalized spacial score (nSPS) is 9.96. The maximum Gasteiger partial charge on any atom is 0.176 e. The van der Waals surface area contributed by atoms with Crippen LogP contribution in [0.4, 0.5) is 0 Å². The summed E-state index contributed by atoms with van der Waals surface area (Å²) in [6.07, 6.45) is 5.74. The van der Waals surface area contributed by atoms with E-state index in [2.05, 4.69) is 15.9 Å². The Morgan fingerprint density at radius 1 is 1.25 bits per heavy atom. The molecule has 0 atom stereocenters. The number of rotatable bonds is 2. The number of fused-ring (bicyclic) bond motifs is 1. The number of ketones is 1. The van der Waals surface area contributed by atoms with E-state index in [1.54, 1.807) is 6.92 Å². The quantitative estimate of drug-likeness (QED) is 0.531. The molecule has 0 unspecified atom stereocenters. The first-order valence-corrected chi connectivity index (χ1v) is 7.72. The van der Waals surface area contributed by atoms with E-state index >= 15 is 0 Å². The summed E-state index contributed by atoms with van der Waals surface area (Å²) in [5.74, 6) is 3.45. The highest BCUT2D eigenvalue weighted by atomic mass is 16.1. The summed E-state index contributed by atoms with van der Waals surface area (Å²) in [7, 11) is 1.92. The molecule has 2 heterocycles. The fraction of sp³-hybridized carbons (Fsp3) is 0.250. The Labute approximate surface area is 144 Å². The Balaban J connectivity index is 0.000000244. The van der Waals surface area contributed by atoms with Crippen molar-refractivity contribution in [1.82, 2.24) is 14.5 Å². The molecule has 0 bridgehead atoms. The molecule has 0 fully saturated rings. The van der Waals surface area contributed by atoms with E-state index < -0.39 is 0 Å². The zero-order chi connectivity index (χ0) is 17.7. The van der Waals surface area contributed by atoms with Crippen LogP contribution in [0.25, 0.3) is 10.9 Å². The third kappa shape index (κ3) is 4.08. The van der Waals surface area contributed by atoms with Crippen molar-refractivity contribution in [2.24, 2.45) is 7.05 Å². The molecule has 3 rings (SSSR count). The molecule has 0 saturated carbocycles. The van der Waals surface area contributed by atoms with Gasteiger partial charge in [-0.3, -0.25) is 4.79 Å². The van der Waals surface area contributed by atoms with E-state index in [-0.39, 0.29) is 7.21 Å². The number of carbonyl (C=O) groups is 1. The highest BCUT2D eigenvalue weighted by Gasteiger charge is 2.07. The zero-order valence-corrected chi connectivity index (χ0v) is 14.5. The van der Waals surface area contributed by atoms with Gasteiger partial charge in [0.1, 0.15) is 5.82 Å². The second-order valence-corrected chi connectivity index (χ2v) is 5.63. The SMILES string of the molecule is C#CCc1cc(C)nc(C)n1.CC(=O)c1cc2ccccc2n1C.[HH]. The summed E-state index contributed by atoms with van der Waals surface area (Å²) in [5.41, 5.74) is 3.77. The second-order valence-electron chi connectivity index (χ2n) is 5.63. The molecule has 2 aromatic heterocycles. The standard InChI is InChI=1S/C11H11NO.C9H10N2.H2/c1-8(13)11-7-9-5-3-4-6-10(9)12(11)2;1-4-5-9-6-7(2)10-8(3)11-9;/h3-7H,1-2H3;1,6H,5H2,2-3H3;1H. The van der Waals surface area contributed by atoms with Gasteiger partial charge in [-0.2, -0.15) is 0 Å². The van der Waals surface area contributed by atoms with Crippen LogP contribution in [0.15, 0.2) is 36.4 Å². The third-order valence-electron chi connectivity index (χ3n) is 3.61. The lowest BCUT2D eigenvalue weighted by Crippen LogP contribution is -2.00. The van der Waals surface area contributed by atoms with Crippen LogP contribution in [0.3, 0.4) is 0 Å². The van der Waals surface area contributed by atoms with Gasteiger partial charge in [-0.1, -0.05) is 18.2 Å². The number of benzene rings is 1. The average Bonchev–Trinajstić information content (AvgIpc) is 2.85. The van der Waals surface area contributed by atoms with Crippen molar-refractivity contribution < 1.29 is 6.22 Å². The van der Waals surface area contributed by atoms with Gasteiger partial charge in [0.05, 0.1) is 17.8 Å². The fourth-order valence-electron chi connectivity index (χ4n) is 2.62. The van der Waals surface area contributed by atoms with Crippen molar-refractivity contribution in [3.63, 3.8) is 0 Å². The van der Waals surface area contributed by atoms with Crippen LogP contribution in [0.5, 0.6) is 0 Å². The molecule has 0 saturated heterocycles. The Bertz CT molecular complexity index is 902. The minimum Gasteiger partial charge on any atom is -0.341 e. The third-order valence-corrected chi connectivity index (χ3v) is 3.61. The van der Waals surface area contributed by atoms with Crippen LogP contribution in [0.2, 0.25) is 0 Å². The molecule has 124 valence electrons. The number of aryl methyl sites for hydroxylation is 3. The molecule has 0 aliphatic heterocycles. The molecule has 0 aliphatic carbocycles. The number of hydrogen-bond acceptors (Lipinski definition) is 3. The predicted molar refractivity (Wildman–Crippen MR) is 99.1 cm³/mol. The van der Waals surface area contributed by atoms with Crippen LogP contribution in [-0.4, -0.2) is 20.3 Å². The fourth-order valence-corrected chi connectivity index (χ4v) is 2.62. The summed E-state index contributed by atoms with van der Waals surface area (Å²) < 4.78 is 1.93. The Morgan fingerprint density at radius 2 is 1.96 bits per heavy atom. The van der Waals surface area contributed by atoms with E-state index in [9.17, 15) is 4.79 Å². The van der Waals surface area contributed by atoms with E-state index in [1.165, 1.54) is 0 Å². The number of nitrogens with zero attached hydrogens (tertiary/aromatic N) is 3. The van der Waals surface area contributed by atoms with Crippen LogP contribution in [0, 0.1) is 26.2 Å². The van der Waals surface area contributed by atoms with Gasteiger partial charge in [0.2, 0.25) is 0 Å².